The van der Waals surface area contributed by atoms with Crippen LogP contribution in [-0.4, -0.2) is 54.8 Å². The third-order valence-electron chi connectivity index (χ3n) is 5.28. The summed E-state index contributed by atoms with van der Waals surface area (Å²) in [6, 6.07) is 4.41. The van der Waals surface area contributed by atoms with Crippen molar-refractivity contribution in [2.45, 2.75) is 45.8 Å². The minimum atomic E-state index is -4.61. The molecule has 0 radical (unpaired) electrons. The van der Waals surface area contributed by atoms with Crippen molar-refractivity contribution in [3.63, 3.8) is 0 Å². The number of esters is 2. The molecule has 1 N–H and O–H groups in total. The number of nitrogens with zero attached hydrogens (tertiary/aromatic N) is 1. The highest BCUT2D eigenvalue weighted by molar-refractivity contribution is 7.99. The fraction of sp³-hybridized carbons (Fsp3) is 0.500. The fourth-order valence-corrected chi connectivity index (χ4v) is 4.78. The molecule has 0 saturated heterocycles. The summed E-state index contributed by atoms with van der Waals surface area (Å²) in [5.41, 5.74) is -0.0987. The van der Waals surface area contributed by atoms with Crippen LogP contribution in [-0.2, 0) is 30.0 Å². The van der Waals surface area contributed by atoms with E-state index in [0.29, 0.717) is 23.6 Å². The first-order chi connectivity index (χ1) is 16.5. The highest BCUT2D eigenvalue weighted by Gasteiger charge is 2.44. The lowest BCUT2D eigenvalue weighted by molar-refractivity contribution is -0.146. The SMILES string of the molecule is CCOC(=O)C1=C(CSCC(C)NC=O)N=C(C)C(C(=O)OCC)C1c1cccc(C(F)(F)F)c1. The molecular weight excluding hydrogens is 485 g/mol. The molecule has 0 aromatic heterocycles. The van der Waals surface area contributed by atoms with E-state index in [1.807, 2.05) is 0 Å². The average Bonchev–Trinajstić information content (AvgIpc) is 2.78. The van der Waals surface area contributed by atoms with E-state index in [0.717, 1.165) is 12.1 Å². The van der Waals surface area contributed by atoms with Crippen LogP contribution in [0.25, 0.3) is 0 Å². The van der Waals surface area contributed by atoms with Gasteiger partial charge in [-0.3, -0.25) is 14.6 Å². The molecule has 192 valence electrons. The van der Waals surface area contributed by atoms with Crippen LogP contribution in [0.15, 0.2) is 40.5 Å². The first kappa shape index (κ1) is 28.4. The van der Waals surface area contributed by atoms with Crippen molar-refractivity contribution in [3.8, 4) is 0 Å². The van der Waals surface area contributed by atoms with Crippen LogP contribution in [0.5, 0.6) is 0 Å². The molecule has 1 aliphatic heterocycles. The predicted octanol–water partition coefficient (Wildman–Crippen LogP) is 4.13. The van der Waals surface area contributed by atoms with E-state index in [9.17, 15) is 27.6 Å². The number of rotatable bonds is 11. The Morgan fingerprint density at radius 2 is 1.91 bits per heavy atom. The van der Waals surface area contributed by atoms with Gasteiger partial charge in [0.25, 0.3) is 0 Å². The number of thioether (sulfide) groups is 1. The van der Waals surface area contributed by atoms with Gasteiger partial charge in [-0.2, -0.15) is 24.9 Å². The van der Waals surface area contributed by atoms with Gasteiger partial charge in [-0.15, -0.1) is 0 Å². The summed E-state index contributed by atoms with van der Waals surface area (Å²) in [6.45, 7) is 6.71. The zero-order valence-electron chi connectivity index (χ0n) is 20.0. The van der Waals surface area contributed by atoms with E-state index in [4.69, 9.17) is 9.47 Å². The van der Waals surface area contributed by atoms with E-state index in [-0.39, 0.29) is 36.1 Å². The minimum absolute atomic E-state index is 0.0262. The highest BCUT2D eigenvalue weighted by Crippen LogP contribution is 2.42. The maximum atomic E-state index is 13.5. The zero-order chi connectivity index (χ0) is 26.2. The maximum absolute atomic E-state index is 13.5. The molecule has 0 aliphatic carbocycles. The molecule has 3 unspecified atom stereocenters. The molecule has 2 rings (SSSR count). The first-order valence-corrected chi connectivity index (χ1v) is 12.3. The first-order valence-electron chi connectivity index (χ1n) is 11.1. The maximum Gasteiger partial charge on any atom is 0.416 e. The number of hydrogen-bond acceptors (Lipinski definition) is 7. The number of hydrogen-bond donors (Lipinski definition) is 1. The van der Waals surface area contributed by atoms with E-state index >= 15 is 0 Å². The molecule has 0 spiro atoms. The number of halogens is 3. The molecule has 1 aromatic carbocycles. The number of aliphatic imine (C=N–C) groups is 1. The fourth-order valence-electron chi connectivity index (χ4n) is 3.80. The summed E-state index contributed by atoms with van der Waals surface area (Å²) in [7, 11) is 0. The number of carbonyl (C=O) groups is 3. The van der Waals surface area contributed by atoms with Gasteiger partial charge in [0.15, 0.2) is 0 Å². The number of ether oxygens (including phenoxy) is 2. The Labute approximate surface area is 206 Å². The molecule has 1 aromatic rings. The summed E-state index contributed by atoms with van der Waals surface area (Å²) in [5, 5.41) is 2.62. The lowest BCUT2D eigenvalue weighted by Crippen LogP contribution is -2.37. The minimum Gasteiger partial charge on any atom is -0.465 e. The van der Waals surface area contributed by atoms with Gasteiger partial charge < -0.3 is 14.8 Å². The van der Waals surface area contributed by atoms with E-state index in [1.54, 1.807) is 27.7 Å². The van der Waals surface area contributed by atoms with Gasteiger partial charge in [0.1, 0.15) is 5.92 Å². The van der Waals surface area contributed by atoms with Crippen molar-refractivity contribution in [1.29, 1.82) is 0 Å². The quantitative estimate of drug-likeness (QED) is 0.353. The molecule has 1 amide bonds. The van der Waals surface area contributed by atoms with Crippen LogP contribution in [0.4, 0.5) is 13.2 Å². The predicted molar refractivity (Wildman–Crippen MR) is 127 cm³/mol. The van der Waals surface area contributed by atoms with Crippen LogP contribution in [0, 0.1) is 5.92 Å². The van der Waals surface area contributed by atoms with E-state index in [1.165, 1.54) is 23.9 Å². The number of nitrogens with one attached hydrogen (secondary N) is 1. The Morgan fingerprint density at radius 1 is 1.23 bits per heavy atom. The van der Waals surface area contributed by atoms with Gasteiger partial charge in [0.2, 0.25) is 6.41 Å². The van der Waals surface area contributed by atoms with Crippen molar-refractivity contribution in [1.82, 2.24) is 5.32 Å². The summed E-state index contributed by atoms with van der Waals surface area (Å²) >= 11 is 1.38. The third kappa shape index (κ3) is 7.33. The van der Waals surface area contributed by atoms with Crippen molar-refractivity contribution < 1.29 is 37.0 Å². The highest BCUT2D eigenvalue weighted by atomic mass is 32.2. The molecule has 3 atom stereocenters. The van der Waals surface area contributed by atoms with Gasteiger partial charge in [-0.25, -0.2) is 4.79 Å². The van der Waals surface area contributed by atoms with Gasteiger partial charge in [0, 0.05) is 29.2 Å². The van der Waals surface area contributed by atoms with Crippen molar-refractivity contribution in [2.75, 3.05) is 24.7 Å². The Kier molecular flexibility index (Phi) is 10.4. The van der Waals surface area contributed by atoms with Crippen molar-refractivity contribution in [3.05, 3.63) is 46.7 Å². The van der Waals surface area contributed by atoms with E-state index in [2.05, 4.69) is 10.3 Å². The molecule has 1 aliphatic rings. The summed E-state index contributed by atoms with van der Waals surface area (Å²) in [6.07, 6.45) is -4.02. The van der Waals surface area contributed by atoms with Crippen LogP contribution in [0.3, 0.4) is 0 Å². The van der Waals surface area contributed by atoms with Crippen molar-refractivity contribution >= 4 is 35.8 Å². The van der Waals surface area contributed by atoms with E-state index < -0.39 is 35.5 Å². The van der Waals surface area contributed by atoms with Crippen molar-refractivity contribution in [2.24, 2.45) is 10.9 Å². The molecule has 0 bridgehead atoms. The monoisotopic (exact) mass is 514 g/mol. The smallest absolute Gasteiger partial charge is 0.416 e. The largest absolute Gasteiger partial charge is 0.465 e. The molecule has 35 heavy (non-hydrogen) atoms. The summed E-state index contributed by atoms with van der Waals surface area (Å²) in [5.74, 6) is -2.89. The average molecular weight is 515 g/mol. The Balaban J connectivity index is 2.65. The second-order valence-corrected chi connectivity index (χ2v) is 8.90. The molecular formula is C24H29F3N2O5S. The van der Waals surface area contributed by atoms with Crippen LogP contribution in [0.1, 0.15) is 44.7 Å². The molecule has 0 fully saturated rings. The second-order valence-electron chi connectivity index (χ2n) is 7.87. The normalized spacial score (nSPS) is 19.0. The Hall–Kier alpha value is -2.82. The lowest BCUT2D eigenvalue weighted by Gasteiger charge is -2.32. The Bertz CT molecular complexity index is 994. The van der Waals surface area contributed by atoms with Gasteiger partial charge >= 0.3 is 18.1 Å². The number of carbonyl (C=O) groups excluding carboxylic acids is 3. The number of benzene rings is 1. The van der Waals surface area contributed by atoms with Gasteiger partial charge in [-0.05, 0) is 39.3 Å². The summed E-state index contributed by atoms with van der Waals surface area (Å²) in [4.78, 5) is 41.2. The molecule has 0 saturated carbocycles. The van der Waals surface area contributed by atoms with Gasteiger partial charge in [-0.1, -0.05) is 18.2 Å². The van der Waals surface area contributed by atoms with Crippen LogP contribution in [0.2, 0.25) is 0 Å². The Morgan fingerprint density at radius 3 is 2.51 bits per heavy atom. The number of amides is 1. The standard InChI is InChI=1S/C24H29F3N2O5S/c1-5-33-22(31)19-15(4)29-18(12-35-11-14(3)28-13-30)21(23(32)34-6-2)20(19)16-8-7-9-17(10-16)24(25,26)27/h7-10,13-14,19-20H,5-6,11-12H2,1-4H3,(H,28,30). The number of alkyl halides is 3. The second kappa shape index (κ2) is 12.8. The van der Waals surface area contributed by atoms with Crippen LogP contribution < -0.4 is 5.32 Å². The van der Waals surface area contributed by atoms with Crippen LogP contribution >= 0.6 is 11.8 Å². The third-order valence-corrected chi connectivity index (χ3v) is 6.50. The molecule has 1 heterocycles. The summed E-state index contributed by atoms with van der Waals surface area (Å²) < 4.78 is 50.9. The molecule has 11 heteroatoms. The van der Waals surface area contributed by atoms with Gasteiger partial charge in [0.05, 0.1) is 30.0 Å². The lowest BCUT2D eigenvalue weighted by atomic mass is 9.75. The zero-order valence-corrected chi connectivity index (χ0v) is 20.8. The topological polar surface area (TPSA) is 94.1 Å². The molecule has 7 nitrogen and oxygen atoms in total.